The summed E-state index contributed by atoms with van der Waals surface area (Å²) < 4.78 is 42.8. The van der Waals surface area contributed by atoms with Gasteiger partial charge in [0.2, 0.25) is 4.90 Å². The van der Waals surface area contributed by atoms with Gasteiger partial charge in [0.1, 0.15) is 11.5 Å². The molecule has 2 saturated carbocycles. The van der Waals surface area contributed by atoms with Crippen molar-refractivity contribution in [2.45, 2.75) is 54.8 Å². The molecule has 1 aliphatic heterocycles. The normalized spacial score (nSPS) is 19.8. The molecule has 0 saturated heterocycles. The van der Waals surface area contributed by atoms with Crippen LogP contribution in [0, 0.1) is 17.6 Å². The van der Waals surface area contributed by atoms with E-state index in [0.717, 1.165) is 48.9 Å². The maximum atomic E-state index is 14.7. The van der Waals surface area contributed by atoms with Crippen LogP contribution in [0.1, 0.15) is 59.5 Å². The Labute approximate surface area is 225 Å². The number of rotatable bonds is 9. The van der Waals surface area contributed by atoms with Crippen molar-refractivity contribution < 1.29 is 23.2 Å². The molecule has 7 nitrogen and oxygen atoms in total. The zero-order chi connectivity index (χ0) is 26.6. The number of benzene rings is 2. The van der Waals surface area contributed by atoms with Gasteiger partial charge in [-0.05, 0) is 85.4 Å². The zero-order valence-electron chi connectivity index (χ0n) is 20.3. The standard InChI is InChI=1S/C27H26F2N4O3S2/c28-20-7-6-17(12-18(20)16-4-5-16)25-19(9-15-3-8-24(38(30)36)21(29)10-15)23(11-14-1-2-14)33(32-25)27-31-22(13-37-27)26(34)35/h3,6-8,10,12-14,16,27,31H,1-2,4-5,9,11,30H2,(H,34,35). The Bertz CT molecular complexity index is 1450. The highest BCUT2D eigenvalue weighted by atomic mass is 32.2. The van der Waals surface area contributed by atoms with E-state index in [1.165, 1.54) is 30.0 Å². The molecule has 11 heteroatoms. The van der Waals surface area contributed by atoms with E-state index in [1.807, 2.05) is 10.7 Å². The van der Waals surface area contributed by atoms with Crippen LogP contribution in [0.25, 0.3) is 11.3 Å². The van der Waals surface area contributed by atoms with Crippen molar-refractivity contribution in [2.24, 2.45) is 11.1 Å². The molecule has 2 heterocycles. The minimum atomic E-state index is -1.93. The number of carboxylic acids is 1. The molecule has 3 aromatic rings. The van der Waals surface area contributed by atoms with E-state index >= 15 is 0 Å². The van der Waals surface area contributed by atoms with Crippen LogP contribution in [0.3, 0.4) is 0 Å². The number of nitrogens with two attached hydrogens (primary N) is 1. The van der Waals surface area contributed by atoms with Crippen LogP contribution in [-0.4, -0.2) is 25.4 Å². The van der Waals surface area contributed by atoms with Gasteiger partial charge in [-0.1, -0.05) is 17.8 Å². The monoisotopic (exact) mass is 556 g/mol. The van der Waals surface area contributed by atoms with Crippen molar-refractivity contribution in [3.05, 3.63) is 81.5 Å². The number of nitrogens with zero attached hydrogens (tertiary/aromatic N) is 2. The summed E-state index contributed by atoms with van der Waals surface area (Å²) in [5.74, 6) is -1.21. The molecule has 0 spiro atoms. The molecule has 0 bridgehead atoms. The highest BCUT2D eigenvalue weighted by molar-refractivity contribution is 8.02. The molecule has 0 amide bonds. The first-order valence-electron chi connectivity index (χ1n) is 12.5. The smallest absolute Gasteiger partial charge is 0.352 e. The fourth-order valence-corrected chi connectivity index (χ4v) is 6.28. The Morgan fingerprint density at radius 2 is 1.97 bits per heavy atom. The summed E-state index contributed by atoms with van der Waals surface area (Å²) in [5, 5.41) is 24.4. The highest BCUT2D eigenvalue weighted by Crippen LogP contribution is 2.44. The van der Waals surface area contributed by atoms with Crippen molar-refractivity contribution in [3.8, 4) is 11.3 Å². The second-order valence-corrected chi connectivity index (χ2v) is 12.1. The predicted octanol–water partition coefficient (Wildman–Crippen LogP) is 4.95. The third-order valence-electron chi connectivity index (χ3n) is 7.22. The summed E-state index contributed by atoms with van der Waals surface area (Å²) in [6.45, 7) is 0. The van der Waals surface area contributed by atoms with Gasteiger partial charge in [0.15, 0.2) is 11.3 Å². The second kappa shape index (κ2) is 10.0. The number of carboxylic acid groups (broad SMARTS) is 1. The number of hydrogen-bond donors (Lipinski definition) is 3. The number of halogens is 2. The molecule has 38 heavy (non-hydrogen) atoms. The van der Waals surface area contributed by atoms with Gasteiger partial charge in [-0.25, -0.2) is 18.3 Å². The summed E-state index contributed by atoms with van der Waals surface area (Å²) >= 11 is -0.610. The summed E-state index contributed by atoms with van der Waals surface area (Å²) in [5.41, 5.74) is 4.25. The third-order valence-corrected chi connectivity index (χ3v) is 8.94. The molecular formula is C27H26F2N4O3S2. The molecule has 0 radical (unpaired) electrons. The fourth-order valence-electron chi connectivity index (χ4n) is 4.91. The highest BCUT2D eigenvalue weighted by Gasteiger charge is 2.33. The van der Waals surface area contributed by atoms with Crippen LogP contribution in [0.5, 0.6) is 0 Å². The number of thioether (sulfide) groups is 1. The Morgan fingerprint density at radius 1 is 1.18 bits per heavy atom. The lowest BCUT2D eigenvalue weighted by Crippen LogP contribution is -2.25. The fraction of sp³-hybridized carbons (Fsp3) is 0.333. The first-order chi connectivity index (χ1) is 18.3. The molecule has 2 unspecified atom stereocenters. The van der Waals surface area contributed by atoms with E-state index in [-0.39, 0.29) is 22.3 Å². The number of aromatic nitrogens is 2. The summed E-state index contributed by atoms with van der Waals surface area (Å²) in [4.78, 5) is 11.5. The molecule has 2 aromatic carbocycles. The van der Waals surface area contributed by atoms with Crippen molar-refractivity contribution in [1.29, 1.82) is 0 Å². The molecule has 198 valence electrons. The van der Waals surface area contributed by atoms with E-state index in [4.69, 9.17) is 10.2 Å². The van der Waals surface area contributed by atoms with E-state index in [0.29, 0.717) is 29.2 Å². The number of hydrogen-bond acceptors (Lipinski definition) is 6. The van der Waals surface area contributed by atoms with Gasteiger partial charge in [-0.2, -0.15) is 5.10 Å². The molecule has 1 aromatic heterocycles. The summed E-state index contributed by atoms with van der Waals surface area (Å²) in [6, 6.07) is 9.54. The lowest BCUT2D eigenvalue weighted by atomic mass is 9.95. The third kappa shape index (κ3) is 5.07. The van der Waals surface area contributed by atoms with E-state index in [1.54, 1.807) is 17.5 Å². The van der Waals surface area contributed by atoms with Crippen LogP contribution in [0.2, 0.25) is 0 Å². The Kier molecular flexibility index (Phi) is 6.71. The van der Waals surface area contributed by atoms with Crippen LogP contribution in [0.15, 0.2) is 52.4 Å². The topological polar surface area (TPSA) is 116 Å². The van der Waals surface area contributed by atoms with Crippen molar-refractivity contribution in [1.82, 2.24) is 15.1 Å². The van der Waals surface area contributed by atoms with Gasteiger partial charge >= 0.3 is 5.97 Å². The average molecular weight is 557 g/mol. The van der Waals surface area contributed by atoms with Gasteiger partial charge in [-0.15, -0.1) is 5.14 Å². The van der Waals surface area contributed by atoms with Gasteiger partial charge in [0.25, 0.3) is 0 Å². The van der Waals surface area contributed by atoms with Crippen molar-refractivity contribution >= 4 is 29.1 Å². The van der Waals surface area contributed by atoms with Crippen LogP contribution >= 0.6 is 11.8 Å². The molecule has 6 rings (SSSR count). The first kappa shape index (κ1) is 25.4. The Balaban J connectivity index is 1.46. The maximum absolute atomic E-state index is 14.7. The zero-order valence-corrected chi connectivity index (χ0v) is 22.0. The van der Waals surface area contributed by atoms with Crippen LogP contribution in [-0.2, 0) is 29.0 Å². The second-order valence-electron chi connectivity index (χ2n) is 10.1. The lowest BCUT2D eigenvalue weighted by Gasteiger charge is -2.16. The number of nitrogens with one attached hydrogen (secondary N) is 1. The minimum Gasteiger partial charge on any atom is -0.593 e. The quantitative estimate of drug-likeness (QED) is 0.320. The van der Waals surface area contributed by atoms with Crippen molar-refractivity contribution in [3.63, 3.8) is 0 Å². The van der Waals surface area contributed by atoms with Crippen LogP contribution < -0.4 is 10.5 Å². The largest absolute Gasteiger partial charge is 0.593 e. The van der Waals surface area contributed by atoms with Crippen LogP contribution in [0.4, 0.5) is 8.78 Å². The van der Waals surface area contributed by atoms with Gasteiger partial charge < -0.3 is 15.0 Å². The molecule has 2 aliphatic carbocycles. The van der Waals surface area contributed by atoms with E-state index in [9.17, 15) is 23.2 Å². The number of carbonyl (C=O) groups is 1. The van der Waals surface area contributed by atoms with Gasteiger partial charge in [0.05, 0.1) is 17.1 Å². The molecule has 2 atom stereocenters. The molecule has 3 aliphatic rings. The lowest BCUT2D eigenvalue weighted by molar-refractivity contribution is -0.133. The summed E-state index contributed by atoms with van der Waals surface area (Å²) in [6.07, 6.45) is 5.19. The predicted molar refractivity (Wildman–Crippen MR) is 141 cm³/mol. The molecular weight excluding hydrogens is 530 g/mol. The van der Waals surface area contributed by atoms with Gasteiger partial charge in [-0.3, -0.25) is 0 Å². The average Bonchev–Trinajstić information content (AvgIpc) is 3.80. The van der Waals surface area contributed by atoms with E-state index < -0.39 is 28.6 Å². The number of aliphatic carboxylic acids is 1. The SMILES string of the molecule is N[S+]([O-])c1ccc(Cc2c(-c3ccc(F)c(C4CC4)c3)nn(C3NC(C(=O)O)=CS3)c2CC2CC2)cc1F. The Morgan fingerprint density at radius 3 is 2.61 bits per heavy atom. The minimum absolute atomic E-state index is 0.0608. The first-order valence-corrected chi connectivity index (χ1v) is 14.6. The maximum Gasteiger partial charge on any atom is 0.352 e. The van der Waals surface area contributed by atoms with Crippen molar-refractivity contribution in [2.75, 3.05) is 0 Å². The molecule has 2 fully saturated rings. The summed E-state index contributed by atoms with van der Waals surface area (Å²) in [7, 11) is 0. The van der Waals surface area contributed by atoms with Gasteiger partial charge in [0, 0.05) is 28.6 Å². The Hall–Kier alpha value is -2.86. The molecule has 4 N–H and O–H groups in total. The van der Waals surface area contributed by atoms with E-state index in [2.05, 4.69) is 5.32 Å².